The van der Waals surface area contributed by atoms with Gasteiger partial charge in [-0.3, -0.25) is 9.69 Å². The molecule has 0 radical (unpaired) electrons. The number of rotatable bonds is 6. The van der Waals surface area contributed by atoms with Crippen LogP contribution in [-0.2, 0) is 11.3 Å². The fraction of sp³-hybridized carbons (Fsp3) is 0.391. The van der Waals surface area contributed by atoms with Crippen LogP contribution in [0.15, 0.2) is 42.6 Å². The summed E-state index contributed by atoms with van der Waals surface area (Å²) in [4.78, 5) is 18.4. The number of carbonyl (C=O) groups is 1. The molecule has 0 atom stereocenters. The molecule has 1 aliphatic heterocycles. The first kappa shape index (κ1) is 20.2. The fourth-order valence-electron chi connectivity index (χ4n) is 4.01. The van der Waals surface area contributed by atoms with E-state index in [1.807, 2.05) is 60.8 Å². The van der Waals surface area contributed by atoms with Crippen molar-refractivity contribution in [2.75, 3.05) is 18.8 Å². The molecule has 7 nitrogen and oxygen atoms in total. The van der Waals surface area contributed by atoms with Crippen molar-refractivity contribution in [1.29, 1.82) is 0 Å². The van der Waals surface area contributed by atoms with Crippen LogP contribution in [-0.4, -0.2) is 44.6 Å². The van der Waals surface area contributed by atoms with Crippen LogP contribution in [0, 0.1) is 5.92 Å². The van der Waals surface area contributed by atoms with E-state index in [1.165, 1.54) is 0 Å². The topological polar surface area (TPSA) is 93.1 Å². The van der Waals surface area contributed by atoms with Gasteiger partial charge in [-0.2, -0.15) is 0 Å². The normalized spacial score (nSPS) is 15.7. The number of hydrogen-bond acceptors (Lipinski definition) is 5. The van der Waals surface area contributed by atoms with Gasteiger partial charge in [-0.15, -0.1) is 0 Å². The van der Waals surface area contributed by atoms with Crippen LogP contribution in [0.2, 0.25) is 0 Å². The summed E-state index contributed by atoms with van der Waals surface area (Å²) < 4.78 is 7.81. The van der Waals surface area contributed by atoms with Crippen molar-refractivity contribution >= 4 is 17.3 Å². The molecular formula is C23H28N4O3. The SMILES string of the molecule is CC(C)Oc1ccc(-c2nc3ccc(N)cn3c2CN2CCC(C(=O)O)CC2)cc1. The van der Waals surface area contributed by atoms with E-state index in [-0.39, 0.29) is 12.0 Å². The molecule has 4 rings (SSSR count). The quantitative estimate of drug-likeness (QED) is 0.646. The van der Waals surface area contributed by atoms with Crippen LogP contribution < -0.4 is 10.5 Å². The Morgan fingerprint density at radius 2 is 1.90 bits per heavy atom. The van der Waals surface area contributed by atoms with Crippen LogP contribution >= 0.6 is 0 Å². The Hall–Kier alpha value is -3.06. The summed E-state index contributed by atoms with van der Waals surface area (Å²) in [6.07, 6.45) is 3.37. The maximum Gasteiger partial charge on any atom is 0.306 e. The standard InChI is InChI=1S/C23H28N4O3/c1-15(2)30-19-6-3-16(4-7-19)22-20(27-13-18(24)5-8-21(27)25-22)14-26-11-9-17(10-12-26)23(28)29/h3-8,13,15,17H,9-12,14,24H2,1-2H3,(H,28,29). The fourth-order valence-corrected chi connectivity index (χ4v) is 4.01. The van der Waals surface area contributed by atoms with E-state index in [2.05, 4.69) is 4.90 Å². The van der Waals surface area contributed by atoms with Crippen molar-refractivity contribution in [2.45, 2.75) is 39.3 Å². The summed E-state index contributed by atoms with van der Waals surface area (Å²) >= 11 is 0. The number of benzene rings is 1. The second-order valence-corrected chi connectivity index (χ2v) is 8.18. The highest BCUT2D eigenvalue weighted by atomic mass is 16.5. The summed E-state index contributed by atoms with van der Waals surface area (Å²) in [6.45, 7) is 6.22. The maximum absolute atomic E-state index is 11.3. The van der Waals surface area contributed by atoms with Gasteiger partial charge in [-0.05, 0) is 76.2 Å². The second-order valence-electron chi connectivity index (χ2n) is 8.18. The molecule has 3 heterocycles. The van der Waals surface area contributed by atoms with Crippen LogP contribution in [0.3, 0.4) is 0 Å². The van der Waals surface area contributed by atoms with Crippen LogP contribution in [0.1, 0.15) is 32.4 Å². The van der Waals surface area contributed by atoms with E-state index < -0.39 is 5.97 Å². The smallest absolute Gasteiger partial charge is 0.306 e. The third-order valence-corrected chi connectivity index (χ3v) is 5.55. The number of likely N-dealkylation sites (tertiary alicyclic amines) is 1. The van der Waals surface area contributed by atoms with Gasteiger partial charge in [-0.1, -0.05) is 0 Å². The Morgan fingerprint density at radius 1 is 1.20 bits per heavy atom. The van der Waals surface area contributed by atoms with Gasteiger partial charge >= 0.3 is 5.97 Å². The average molecular weight is 409 g/mol. The Labute approximate surface area is 176 Å². The number of piperidine rings is 1. The molecule has 2 aromatic heterocycles. The molecule has 3 aromatic rings. The summed E-state index contributed by atoms with van der Waals surface area (Å²) in [7, 11) is 0. The minimum Gasteiger partial charge on any atom is -0.491 e. The molecule has 158 valence electrons. The van der Waals surface area contributed by atoms with Gasteiger partial charge in [0.25, 0.3) is 0 Å². The maximum atomic E-state index is 11.3. The highest BCUT2D eigenvalue weighted by Gasteiger charge is 2.26. The summed E-state index contributed by atoms with van der Waals surface area (Å²) in [5.41, 5.74) is 10.6. The van der Waals surface area contributed by atoms with E-state index >= 15 is 0 Å². The number of imidazole rings is 1. The lowest BCUT2D eigenvalue weighted by Crippen LogP contribution is -2.36. The van der Waals surface area contributed by atoms with Gasteiger partial charge < -0.3 is 20.0 Å². The van der Waals surface area contributed by atoms with Gasteiger partial charge in [-0.25, -0.2) is 4.98 Å². The van der Waals surface area contributed by atoms with Crippen molar-refractivity contribution in [3.63, 3.8) is 0 Å². The zero-order chi connectivity index (χ0) is 21.3. The molecule has 30 heavy (non-hydrogen) atoms. The van der Waals surface area contributed by atoms with Gasteiger partial charge in [0.2, 0.25) is 0 Å². The van der Waals surface area contributed by atoms with Crippen molar-refractivity contribution in [1.82, 2.24) is 14.3 Å². The van der Waals surface area contributed by atoms with Gasteiger partial charge in [0.1, 0.15) is 11.4 Å². The largest absolute Gasteiger partial charge is 0.491 e. The van der Waals surface area contributed by atoms with E-state index in [0.717, 1.165) is 41.4 Å². The first-order valence-electron chi connectivity index (χ1n) is 10.4. The second kappa shape index (κ2) is 8.36. The molecule has 0 bridgehead atoms. The Kier molecular flexibility index (Phi) is 5.63. The molecule has 7 heteroatoms. The highest BCUT2D eigenvalue weighted by molar-refractivity contribution is 5.70. The first-order valence-corrected chi connectivity index (χ1v) is 10.4. The predicted molar refractivity (Wildman–Crippen MR) is 116 cm³/mol. The van der Waals surface area contributed by atoms with Crippen LogP contribution in [0.4, 0.5) is 5.69 Å². The lowest BCUT2D eigenvalue weighted by atomic mass is 9.97. The number of carboxylic acids is 1. The molecule has 3 N–H and O–H groups in total. The molecule has 1 aromatic carbocycles. The minimum absolute atomic E-state index is 0.123. The number of nitrogens with zero attached hydrogens (tertiary/aromatic N) is 3. The number of aromatic nitrogens is 2. The highest BCUT2D eigenvalue weighted by Crippen LogP contribution is 2.29. The number of carboxylic acid groups (broad SMARTS) is 1. The minimum atomic E-state index is -0.693. The Morgan fingerprint density at radius 3 is 2.53 bits per heavy atom. The van der Waals surface area contributed by atoms with Gasteiger partial charge in [0.05, 0.1) is 23.4 Å². The van der Waals surface area contributed by atoms with E-state index in [1.54, 1.807) is 0 Å². The van der Waals surface area contributed by atoms with Crippen LogP contribution in [0.5, 0.6) is 5.75 Å². The van der Waals surface area contributed by atoms with Crippen molar-refractivity contribution in [3.05, 3.63) is 48.3 Å². The Bertz CT molecular complexity index is 1030. The molecule has 0 unspecified atom stereocenters. The van der Waals surface area contributed by atoms with Gasteiger partial charge in [0, 0.05) is 24.0 Å². The Balaban J connectivity index is 1.65. The number of aliphatic carboxylic acids is 1. The van der Waals surface area contributed by atoms with E-state index in [4.69, 9.17) is 15.5 Å². The number of anilines is 1. The molecule has 0 spiro atoms. The summed E-state index contributed by atoms with van der Waals surface area (Å²) in [6, 6.07) is 11.8. The molecule has 0 aliphatic carbocycles. The number of pyridine rings is 1. The van der Waals surface area contributed by atoms with Gasteiger partial charge in [0.15, 0.2) is 0 Å². The number of nitrogen functional groups attached to an aromatic ring is 1. The predicted octanol–water partition coefficient (Wildman–Crippen LogP) is 3.67. The van der Waals surface area contributed by atoms with Crippen molar-refractivity contribution < 1.29 is 14.6 Å². The molecule has 1 aliphatic rings. The molecule has 0 saturated carbocycles. The molecule has 1 saturated heterocycles. The lowest BCUT2D eigenvalue weighted by molar-refractivity contribution is -0.143. The third kappa shape index (κ3) is 4.26. The average Bonchev–Trinajstić information content (AvgIpc) is 3.06. The number of hydrogen-bond donors (Lipinski definition) is 2. The first-order chi connectivity index (χ1) is 14.4. The zero-order valence-electron chi connectivity index (χ0n) is 17.4. The van der Waals surface area contributed by atoms with E-state index in [9.17, 15) is 9.90 Å². The molecule has 1 fully saturated rings. The molecule has 0 amide bonds. The summed E-state index contributed by atoms with van der Waals surface area (Å²) in [5, 5.41) is 9.27. The number of ether oxygens (including phenoxy) is 1. The number of nitrogens with two attached hydrogens (primary N) is 1. The number of fused-ring (bicyclic) bond motifs is 1. The van der Waals surface area contributed by atoms with Crippen molar-refractivity contribution in [2.24, 2.45) is 5.92 Å². The lowest BCUT2D eigenvalue weighted by Gasteiger charge is -2.30. The molecular weight excluding hydrogens is 380 g/mol. The monoisotopic (exact) mass is 408 g/mol. The van der Waals surface area contributed by atoms with E-state index in [0.29, 0.717) is 25.1 Å². The van der Waals surface area contributed by atoms with Crippen molar-refractivity contribution in [3.8, 4) is 17.0 Å². The summed E-state index contributed by atoms with van der Waals surface area (Å²) in [5.74, 6) is -0.104. The third-order valence-electron chi connectivity index (χ3n) is 5.55. The van der Waals surface area contributed by atoms with Crippen LogP contribution in [0.25, 0.3) is 16.9 Å². The zero-order valence-corrected chi connectivity index (χ0v) is 17.4.